The second kappa shape index (κ2) is 12.3. The first-order valence-electron chi connectivity index (χ1n) is 11.0. The number of para-hydroxylation sites is 2. The van der Waals surface area contributed by atoms with Gasteiger partial charge < -0.3 is 19.5 Å². The maximum atomic E-state index is 12.5. The van der Waals surface area contributed by atoms with Crippen molar-refractivity contribution in [3.05, 3.63) is 48.0 Å². The fourth-order valence-electron chi connectivity index (χ4n) is 3.42. The summed E-state index contributed by atoms with van der Waals surface area (Å²) in [5.74, 6) is 1.60. The number of anilines is 1. The van der Waals surface area contributed by atoms with Crippen molar-refractivity contribution in [3.63, 3.8) is 0 Å². The molecule has 0 spiro atoms. The highest BCUT2D eigenvalue weighted by Crippen LogP contribution is 2.31. The molecule has 0 heterocycles. The highest BCUT2D eigenvalue weighted by atomic mass is 32.2. The second-order valence-corrected chi connectivity index (χ2v) is 9.38. The number of hydrogen-bond donors (Lipinski definition) is 1. The molecule has 0 bridgehead atoms. The third kappa shape index (κ3) is 7.56. The Morgan fingerprint density at radius 2 is 1.70 bits per heavy atom. The highest BCUT2D eigenvalue weighted by Gasteiger charge is 2.21. The molecule has 2 rings (SSSR count). The van der Waals surface area contributed by atoms with Gasteiger partial charge >= 0.3 is 0 Å². The number of nitrogens with zero attached hydrogens (tertiary/aromatic N) is 1. The molecule has 1 atom stereocenters. The van der Waals surface area contributed by atoms with Gasteiger partial charge in [-0.05, 0) is 57.0 Å². The molecule has 0 saturated carbocycles. The van der Waals surface area contributed by atoms with E-state index in [2.05, 4.69) is 5.32 Å². The van der Waals surface area contributed by atoms with E-state index < -0.39 is 10.0 Å². The van der Waals surface area contributed by atoms with E-state index in [9.17, 15) is 13.2 Å². The molecule has 8 nitrogen and oxygen atoms in total. The summed E-state index contributed by atoms with van der Waals surface area (Å²) in [5.41, 5.74) is 1.34. The molecule has 9 heteroatoms. The van der Waals surface area contributed by atoms with Crippen LogP contribution in [-0.2, 0) is 14.8 Å². The van der Waals surface area contributed by atoms with Gasteiger partial charge in [-0.15, -0.1) is 0 Å². The zero-order valence-electron chi connectivity index (χ0n) is 20.0. The number of methoxy groups -OCH3 is 1. The van der Waals surface area contributed by atoms with Gasteiger partial charge in [-0.2, -0.15) is 0 Å². The van der Waals surface area contributed by atoms with Gasteiger partial charge in [-0.25, -0.2) is 8.42 Å². The molecular weight excluding hydrogens is 444 g/mol. The summed E-state index contributed by atoms with van der Waals surface area (Å²) in [7, 11) is -2.05. The number of nitrogens with one attached hydrogen (secondary N) is 1. The Labute approximate surface area is 196 Å². The van der Waals surface area contributed by atoms with Gasteiger partial charge in [0.25, 0.3) is 0 Å². The van der Waals surface area contributed by atoms with Gasteiger partial charge in [0.1, 0.15) is 5.75 Å². The minimum absolute atomic E-state index is 0.164. The van der Waals surface area contributed by atoms with Gasteiger partial charge in [0.05, 0.1) is 38.3 Å². The summed E-state index contributed by atoms with van der Waals surface area (Å²) in [6.45, 7) is 6.90. The number of amides is 1. The summed E-state index contributed by atoms with van der Waals surface area (Å²) >= 11 is 0. The fraction of sp³-hybridized carbons (Fsp3) is 0.458. The number of benzene rings is 2. The molecule has 2 aromatic carbocycles. The summed E-state index contributed by atoms with van der Waals surface area (Å²) in [6, 6.07) is 12.3. The summed E-state index contributed by atoms with van der Waals surface area (Å²) in [6.07, 6.45) is 1.68. The zero-order chi connectivity index (χ0) is 24.4. The van der Waals surface area contributed by atoms with E-state index in [-0.39, 0.29) is 24.9 Å². The van der Waals surface area contributed by atoms with Crippen molar-refractivity contribution in [2.45, 2.75) is 39.7 Å². The molecule has 0 aliphatic rings. The second-order valence-electron chi connectivity index (χ2n) is 7.47. The zero-order valence-corrected chi connectivity index (χ0v) is 20.8. The first-order chi connectivity index (χ1) is 15.7. The van der Waals surface area contributed by atoms with Crippen LogP contribution in [0.4, 0.5) is 5.69 Å². The van der Waals surface area contributed by atoms with E-state index in [1.807, 2.05) is 39.0 Å². The minimum Gasteiger partial charge on any atom is -0.495 e. The van der Waals surface area contributed by atoms with E-state index in [0.717, 1.165) is 11.8 Å². The molecular formula is C24H34N2O6S. The first-order valence-corrected chi connectivity index (χ1v) is 12.9. The van der Waals surface area contributed by atoms with Crippen molar-refractivity contribution in [2.24, 2.45) is 0 Å². The molecule has 1 N–H and O–H groups in total. The number of carbonyl (C=O) groups is 1. The monoisotopic (exact) mass is 478 g/mol. The lowest BCUT2D eigenvalue weighted by molar-refractivity contribution is -0.121. The largest absolute Gasteiger partial charge is 0.495 e. The number of sulfonamides is 1. The average Bonchev–Trinajstić information content (AvgIpc) is 2.77. The van der Waals surface area contributed by atoms with Crippen LogP contribution in [0.1, 0.15) is 45.2 Å². The van der Waals surface area contributed by atoms with E-state index in [1.165, 1.54) is 11.4 Å². The Hall–Kier alpha value is -2.94. The first kappa shape index (κ1) is 26.3. The normalized spacial score (nSPS) is 12.0. The Balaban J connectivity index is 2.00. The lowest BCUT2D eigenvalue weighted by Gasteiger charge is -2.24. The topological polar surface area (TPSA) is 94.2 Å². The van der Waals surface area contributed by atoms with E-state index in [0.29, 0.717) is 42.6 Å². The van der Waals surface area contributed by atoms with Crippen molar-refractivity contribution >= 4 is 21.6 Å². The molecule has 0 saturated heterocycles. The Bertz CT molecular complexity index is 1030. The lowest BCUT2D eigenvalue weighted by Crippen LogP contribution is -2.32. The van der Waals surface area contributed by atoms with Crippen molar-refractivity contribution in [1.82, 2.24) is 5.32 Å². The van der Waals surface area contributed by atoms with Crippen LogP contribution in [0.15, 0.2) is 42.5 Å². The highest BCUT2D eigenvalue weighted by molar-refractivity contribution is 7.92. The standard InChI is InChI=1S/C24H34N2O6S/c1-6-31-22-15-14-19(17-23(22)32-7-2)18(3)25-24(27)13-10-16-26(33(5,28)29)20-11-8-9-12-21(20)30-4/h8-9,11-12,14-15,17-18H,6-7,10,13,16H2,1-5H3,(H,25,27). The third-order valence-electron chi connectivity index (χ3n) is 4.96. The molecule has 2 aromatic rings. The van der Waals surface area contributed by atoms with Crippen LogP contribution in [0.25, 0.3) is 0 Å². The number of rotatable bonds is 13. The Kier molecular flexibility index (Phi) is 9.84. The van der Waals surface area contributed by atoms with Crippen molar-refractivity contribution in [3.8, 4) is 17.2 Å². The third-order valence-corrected chi connectivity index (χ3v) is 6.14. The smallest absolute Gasteiger partial charge is 0.232 e. The van der Waals surface area contributed by atoms with Crippen LogP contribution in [0, 0.1) is 0 Å². The van der Waals surface area contributed by atoms with Crippen LogP contribution < -0.4 is 23.8 Å². The fourth-order valence-corrected chi connectivity index (χ4v) is 4.39. The van der Waals surface area contributed by atoms with Gasteiger partial charge in [0, 0.05) is 13.0 Å². The summed E-state index contributed by atoms with van der Waals surface area (Å²) in [4.78, 5) is 12.5. The minimum atomic E-state index is -3.54. The van der Waals surface area contributed by atoms with Crippen LogP contribution in [-0.4, -0.2) is 47.4 Å². The van der Waals surface area contributed by atoms with Crippen molar-refractivity contribution < 1.29 is 27.4 Å². The molecule has 0 aromatic heterocycles. The molecule has 33 heavy (non-hydrogen) atoms. The number of carbonyl (C=O) groups excluding carboxylic acids is 1. The molecule has 0 aliphatic carbocycles. The van der Waals surface area contributed by atoms with Gasteiger partial charge in [0.2, 0.25) is 15.9 Å². The predicted molar refractivity (Wildman–Crippen MR) is 130 cm³/mol. The van der Waals surface area contributed by atoms with Gasteiger partial charge in [0.15, 0.2) is 11.5 Å². The van der Waals surface area contributed by atoms with E-state index in [4.69, 9.17) is 14.2 Å². The maximum absolute atomic E-state index is 12.5. The molecule has 182 valence electrons. The van der Waals surface area contributed by atoms with Crippen LogP contribution >= 0.6 is 0 Å². The quantitative estimate of drug-likeness (QED) is 0.469. The predicted octanol–water partition coefficient (Wildman–Crippen LogP) is 3.92. The molecule has 1 unspecified atom stereocenters. The average molecular weight is 479 g/mol. The lowest BCUT2D eigenvalue weighted by atomic mass is 10.1. The number of hydrogen-bond acceptors (Lipinski definition) is 6. The Morgan fingerprint density at radius 3 is 2.33 bits per heavy atom. The molecule has 1 amide bonds. The van der Waals surface area contributed by atoms with Crippen molar-refractivity contribution in [1.29, 1.82) is 0 Å². The maximum Gasteiger partial charge on any atom is 0.232 e. The van der Waals surface area contributed by atoms with Crippen LogP contribution in [0.3, 0.4) is 0 Å². The summed E-state index contributed by atoms with van der Waals surface area (Å²) in [5, 5.41) is 2.96. The molecule has 0 fully saturated rings. The molecule has 0 radical (unpaired) electrons. The van der Waals surface area contributed by atoms with Crippen LogP contribution in [0.2, 0.25) is 0 Å². The van der Waals surface area contributed by atoms with Gasteiger partial charge in [-0.1, -0.05) is 18.2 Å². The van der Waals surface area contributed by atoms with E-state index >= 15 is 0 Å². The number of ether oxygens (including phenoxy) is 3. The summed E-state index contributed by atoms with van der Waals surface area (Å²) < 4.78 is 42.5. The SMILES string of the molecule is CCOc1ccc(C(C)NC(=O)CCCN(c2ccccc2OC)S(C)(=O)=O)cc1OCC. The van der Waals surface area contributed by atoms with Gasteiger partial charge in [-0.3, -0.25) is 9.10 Å². The molecule has 0 aliphatic heterocycles. The van der Waals surface area contributed by atoms with Crippen LogP contribution in [0.5, 0.6) is 17.2 Å². The Morgan fingerprint density at radius 1 is 1.03 bits per heavy atom. The van der Waals surface area contributed by atoms with Crippen molar-refractivity contribution in [2.75, 3.05) is 37.4 Å². The van der Waals surface area contributed by atoms with E-state index in [1.54, 1.807) is 24.3 Å².